The Labute approximate surface area is 397 Å². The van der Waals surface area contributed by atoms with Crippen molar-refractivity contribution < 1.29 is 36.2 Å². The van der Waals surface area contributed by atoms with Gasteiger partial charge in [0, 0.05) is 47.1 Å². The first-order chi connectivity index (χ1) is 32.8. The highest BCUT2D eigenvalue weighted by molar-refractivity contribution is 6.36. The first-order valence-electron chi connectivity index (χ1n) is 23.3. The molecule has 4 N–H and O–H groups in total. The molecule has 0 radical (unpaired) electrons. The second-order valence-corrected chi connectivity index (χ2v) is 16.0. The summed E-state index contributed by atoms with van der Waals surface area (Å²) in [6.07, 6.45) is 10.8. The Balaban J connectivity index is 1.20. The molecule has 6 aromatic rings. The van der Waals surface area contributed by atoms with Crippen molar-refractivity contribution in [3.8, 4) is 46.2 Å². The normalized spacial score (nSPS) is 11.5. The number of aromatic nitrogens is 4. The number of aromatic amines is 4. The molecule has 0 saturated heterocycles. The summed E-state index contributed by atoms with van der Waals surface area (Å²) in [7, 11) is -6.22. The van der Waals surface area contributed by atoms with Crippen LogP contribution in [0.15, 0.2) is 73.1 Å². The van der Waals surface area contributed by atoms with Crippen molar-refractivity contribution in [1.29, 1.82) is 0 Å². The Hall–Kier alpha value is -7.05. The van der Waals surface area contributed by atoms with Crippen LogP contribution < -0.4 is 0 Å². The minimum Gasteiger partial charge on any atom is -0.503 e. The van der Waals surface area contributed by atoms with Crippen molar-refractivity contribution in [2.24, 2.45) is 0 Å². The molecular weight excluding hydrogens is 866 g/mol. The molecule has 6 rings (SSSR count). The smallest absolute Gasteiger partial charge is 0.503 e. The van der Waals surface area contributed by atoms with E-state index < -0.39 is 26.5 Å². The summed E-state index contributed by atoms with van der Waals surface area (Å²) in [6.45, 7) is 15.8. The number of hydrogen-bond acceptors (Lipinski definition) is 4. The summed E-state index contributed by atoms with van der Waals surface area (Å²) in [5.74, 6) is 10.7. The fourth-order valence-corrected chi connectivity index (χ4v) is 9.05. The SMILES string of the molecule is CCc1c[nH]c(/C(=C/C(=O)c2[nH]c(-c3ccc(C#CC#Cc4ccc(-c5[nH]c(C(=O)/C=C(\OB(F)F)c6[nH]cc(CC)c6CC)c(CC)c5CC)cc4)cc3)c(CC)c2CC)OB(F)F)c1CC. The van der Waals surface area contributed by atoms with E-state index in [-0.39, 0.29) is 11.5 Å². The second kappa shape index (κ2) is 23.1. The summed E-state index contributed by atoms with van der Waals surface area (Å²) < 4.78 is 64.4. The zero-order valence-electron chi connectivity index (χ0n) is 39.9. The van der Waals surface area contributed by atoms with E-state index in [0.29, 0.717) is 74.1 Å². The van der Waals surface area contributed by atoms with Gasteiger partial charge in [0.2, 0.25) is 11.6 Å². The first kappa shape index (κ1) is 50.4. The van der Waals surface area contributed by atoms with Gasteiger partial charge in [-0.15, -0.1) is 0 Å². The molecule has 0 saturated carbocycles. The average Bonchev–Trinajstić information content (AvgIpc) is 4.14. The van der Waals surface area contributed by atoms with Gasteiger partial charge >= 0.3 is 14.9 Å². The minimum absolute atomic E-state index is 0.200. The maximum Gasteiger partial charge on any atom is 0.796 e. The molecule has 350 valence electrons. The third-order valence-electron chi connectivity index (χ3n) is 12.2. The maximum absolute atomic E-state index is 13.8. The van der Waals surface area contributed by atoms with Crippen LogP contribution in [0.4, 0.5) is 17.3 Å². The molecule has 0 atom stereocenters. The number of benzene rings is 2. The summed E-state index contributed by atoms with van der Waals surface area (Å²) >= 11 is 0. The number of ketones is 2. The molecular formula is C54H56B2F4N4O4. The Morgan fingerprint density at radius 1 is 0.485 bits per heavy atom. The van der Waals surface area contributed by atoms with Crippen molar-refractivity contribution in [3.05, 3.63) is 151 Å². The molecule has 4 aromatic heterocycles. The average molecular weight is 923 g/mol. The highest BCUT2D eigenvalue weighted by atomic mass is 19.2. The van der Waals surface area contributed by atoms with Gasteiger partial charge in [-0.3, -0.25) is 9.59 Å². The van der Waals surface area contributed by atoms with Crippen molar-refractivity contribution >= 4 is 38.0 Å². The van der Waals surface area contributed by atoms with Gasteiger partial charge in [0.1, 0.15) is 11.5 Å². The quantitative estimate of drug-likeness (QED) is 0.0152. The maximum atomic E-state index is 13.8. The Kier molecular flexibility index (Phi) is 17.1. The number of nitrogens with one attached hydrogen (secondary N) is 4. The van der Waals surface area contributed by atoms with E-state index in [4.69, 9.17) is 9.31 Å². The fraction of sp³-hybridized carbons (Fsp3) is 0.296. The van der Waals surface area contributed by atoms with Crippen LogP contribution in [0.25, 0.3) is 34.0 Å². The van der Waals surface area contributed by atoms with Gasteiger partial charge < -0.3 is 29.2 Å². The molecule has 0 aliphatic rings. The minimum atomic E-state index is -3.11. The highest BCUT2D eigenvalue weighted by Gasteiger charge is 2.28. The molecule has 0 bridgehead atoms. The number of carbonyl (C=O) groups excluding carboxylic acids is 2. The molecule has 0 unspecified atom stereocenters. The van der Waals surface area contributed by atoms with Gasteiger partial charge in [0.05, 0.1) is 22.8 Å². The lowest BCUT2D eigenvalue weighted by molar-refractivity contribution is 0.103. The molecule has 8 nitrogen and oxygen atoms in total. The van der Waals surface area contributed by atoms with Crippen LogP contribution in [0.1, 0.15) is 143 Å². The van der Waals surface area contributed by atoms with E-state index in [2.05, 4.69) is 43.6 Å². The summed E-state index contributed by atoms with van der Waals surface area (Å²) in [6, 6.07) is 15.2. The van der Waals surface area contributed by atoms with Crippen molar-refractivity contribution in [2.75, 3.05) is 0 Å². The lowest BCUT2D eigenvalue weighted by atomic mass is 9.98. The molecule has 0 fully saturated rings. The van der Waals surface area contributed by atoms with Gasteiger partial charge in [0.25, 0.3) is 0 Å². The zero-order valence-corrected chi connectivity index (χ0v) is 39.9. The van der Waals surface area contributed by atoms with Crippen molar-refractivity contribution in [1.82, 2.24) is 19.9 Å². The van der Waals surface area contributed by atoms with Crippen LogP contribution in [-0.4, -0.2) is 46.4 Å². The van der Waals surface area contributed by atoms with E-state index in [1.807, 2.05) is 104 Å². The van der Waals surface area contributed by atoms with Crippen LogP contribution >= 0.6 is 0 Å². The van der Waals surface area contributed by atoms with Crippen LogP contribution in [0, 0.1) is 23.7 Å². The third-order valence-corrected chi connectivity index (χ3v) is 12.2. The number of carbonyl (C=O) groups is 2. The molecule has 2 aromatic carbocycles. The second-order valence-electron chi connectivity index (χ2n) is 16.0. The van der Waals surface area contributed by atoms with E-state index in [0.717, 1.165) is 90.3 Å². The van der Waals surface area contributed by atoms with Gasteiger partial charge in [0.15, 0.2) is 0 Å². The number of H-pyrrole nitrogens is 4. The standard InChI is InChI=1S/C54H56B2F4N4O4/c1-9-35-31-61-53(39(35)11-3)47(67-55(57)58)29-45(65)51-43(15-7)41(13-5)49(63-51)37-25-21-33(22-26-37)19-17-18-20-34-23-27-38(28-24-34)50-42(14-6)44(16-8)52(64-50)46(66)30-48(68-56(59)60)54-40(12-4)36(10-2)32-62-54/h21-32,61-64H,9-16H2,1-8H3/b47-29-,48-30-. The van der Waals surface area contributed by atoms with Crippen molar-refractivity contribution in [3.63, 3.8) is 0 Å². The predicted octanol–water partition coefficient (Wildman–Crippen LogP) is 12.6. The van der Waals surface area contributed by atoms with Gasteiger partial charge in [-0.25, -0.2) is 17.3 Å². The van der Waals surface area contributed by atoms with E-state index >= 15 is 0 Å². The molecule has 0 aliphatic heterocycles. The number of rotatable bonds is 20. The van der Waals surface area contributed by atoms with Gasteiger partial charge in [-0.05, 0) is 143 Å². The highest BCUT2D eigenvalue weighted by Crippen LogP contribution is 2.34. The van der Waals surface area contributed by atoms with Crippen LogP contribution in [-0.2, 0) is 60.7 Å². The third kappa shape index (κ3) is 11.0. The largest absolute Gasteiger partial charge is 0.796 e. The molecule has 68 heavy (non-hydrogen) atoms. The summed E-state index contributed by atoms with van der Waals surface area (Å²) in [5, 5.41) is 0. The lowest BCUT2D eigenvalue weighted by Crippen LogP contribution is -2.09. The van der Waals surface area contributed by atoms with Crippen LogP contribution in [0.5, 0.6) is 0 Å². The van der Waals surface area contributed by atoms with E-state index in [1.165, 1.54) is 0 Å². The Morgan fingerprint density at radius 3 is 1.12 bits per heavy atom. The molecule has 0 spiro atoms. The lowest BCUT2D eigenvalue weighted by Gasteiger charge is -2.10. The predicted molar refractivity (Wildman–Crippen MR) is 266 cm³/mol. The first-order valence-corrected chi connectivity index (χ1v) is 23.3. The number of aryl methyl sites for hydroxylation is 2. The summed E-state index contributed by atoms with van der Waals surface area (Å²) in [4.78, 5) is 40.4. The van der Waals surface area contributed by atoms with Crippen molar-refractivity contribution in [2.45, 2.75) is 107 Å². The number of allylic oxidation sites excluding steroid dienone is 2. The number of halogens is 4. The van der Waals surface area contributed by atoms with E-state index in [1.54, 1.807) is 12.4 Å². The molecule has 0 aliphatic carbocycles. The topological polar surface area (TPSA) is 116 Å². The molecule has 4 heterocycles. The molecule has 0 amide bonds. The Bertz CT molecular complexity index is 2750. The van der Waals surface area contributed by atoms with Gasteiger partial charge in [-0.1, -0.05) is 91.5 Å². The van der Waals surface area contributed by atoms with Gasteiger partial charge in [-0.2, -0.15) is 0 Å². The molecule has 14 heteroatoms. The van der Waals surface area contributed by atoms with Crippen LogP contribution in [0.2, 0.25) is 0 Å². The van der Waals surface area contributed by atoms with E-state index in [9.17, 15) is 26.9 Å². The zero-order chi connectivity index (χ0) is 49.1. The fourth-order valence-electron chi connectivity index (χ4n) is 9.05. The van der Waals surface area contributed by atoms with Crippen LogP contribution in [0.3, 0.4) is 0 Å². The monoisotopic (exact) mass is 922 g/mol. The summed E-state index contributed by atoms with van der Waals surface area (Å²) in [5.41, 5.74) is 13.3. The number of hydrogen-bond donors (Lipinski definition) is 4. The Morgan fingerprint density at radius 2 is 0.824 bits per heavy atom.